The van der Waals surface area contributed by atoms with E-state index in [0.29, 0.717) is 15.7 Å². The molecule has 0 aromatic heterocycles. The molecule has 0 saturated carbocycles. The van der Waals surface area contributed by atoms with Crippen LogP contribution < -0.4 is 15.5 Å². The molecule has 0 saturated heterocycles. The van der Waals surface area contributed by atoms with Crippen molar-refractivity contribution in [1.29, 1.82) is 0 Å². The summed E-state index contributed by atoms with van der Waals surface area (Å²) in [6.07, 6.45) is 0. The first-order chi connectivity index (χ1) is 11.9. The average molecular weight is 380 g/mol. The third kappa shape index (κ3) is 5.28. The lowest BCUT2D eigenvalue weighted by molar-refractivity contribution is -0.114. The number of aryl methyl sites for hydroxylation is 1. The number of amides is 1. The van der Waals surface area contributed by atoms with Crippen LogP contribution in [0.25, 0.3) is 0 Å². The van der Waals surface area contributed by atoms with Gasteiger partial charge in [0.15, 0.2) is 0 Å². The van der Waals surface area contributed by atoms with E-state index >= 15 is 0 Å². The normalized spacial score (nSPS) is 10.4. The number of nitrogens with one attached hydrogen (secondary N) is 2. The minimum atomic E-state index is -0.148. The van der Waals surface area contributed by atoms with Gasteiger partial charge in [-0.2, -0.15) is 0 Å². The summed E-state index contributed by atoms with van der Waals surface area (Å²) >= 11 is 11.8. The lowest BCUT2D eigenvalue weighted by Gasteiger charge is -2.22. The number of benzene rings is 2. The van der Waals surface area contributed by atoms with Crippen molar-refractivity contribution >= 4 is 46.2 Å². The van der Waals surface area contributed by atoms with Gasteiger partial charge in [0.25, 0.3) is 0 Å². The smallest absolute Gasteiger partial charge is 0.243 e. The molecule has 0 bridgehead atoms. The first-order valence-electron chi connectivity index (χ1n) is 8.29. The van der Waals surface area contributed by atoms with Crippen molar-refractivity contribution in [3.63, 3.8) is 0 Å². The number of carbonyl (C=O) groups excluding carboxylic acids is 1. The molecule has 2 N–H and O–H groups in total. The Morgan fingerprint density at radius 3 is 2.36 bits per heavy atom. The van der Waals surface area contributed by atoms with E-state index in [2.05, 4.69) is 41.5 Å². The number of rotatable bonds is 7. The summed E-state index contributed by atoms with van der Waals surface area (Å²) in [5, 5.41) is 6.84. The topological polar surface area (TPSA) is 44.4 Å². The number of halogens is 2. The van der Waals surface area contributed by atoms with Crippen molar-refractivity contribution < 1.29 is 4.79 Å². The molecule has 25 heavy (non-hydrogen) atoms. The predicted molar refractivity (Wildman–Crippen MR) is 108 cm³/mol. The van der Waals surface area contributed by atoms with Gasteiger partial charge < -0.3 is 15.5 Å². The summed E-state index contributed by atoms with van der Waals surface area (Å²) in [6, 6.07) is 11.2. The minimum Gasteiger partial charge on any atom is -0.376 e. The molecule has 6 heteroatoms. The van der Waals surface area contributed by atoms with Gasteiger partial charge in [-0.1, -0.05) is 23.2 Å². The van der Waals surface area contributed by atoms with Crippen LogP contribution in [0, 0.1) is 6.92 Å². The largest absolute Gasteiger partial charge is 0.376 e. The SMILES string of the molecule is CCN(CC)c1ccc(NCC(=O)Nc2ccc(Cl)c(Cl)c2)c(C)c1. The third-order valence-corrected chi connectivity index (χ3v) is 4.72. The Bertz CT molecular complexity index is 745. The number of carbonyl (C=O) groups is 1. The van der Waals surface area contributed by atoms with Crippen molar-refractivity contribution in [2.24, 2.45) is 0 Å². The van der Waals surface area contributed by atoms with E-state index < -0.39 is 0 Å². The fourth-order valence-corrected chi connectivity index (χ4v) is 2.88. The van der Waals surface area contributed by atoms with E-state index in [4.69, 9.17) is 23.2 Å². The number of hydrogen-bond acceptors (Lipinski definition) is 3. The maximum atomic E-state index is 12.1. The first kappa shape index (κ1) is 19.4. The summed E-state index contributed by atoms with van der Waals surface area (Å²) in [4.78, 5) is 14.4. The van der Waals surface area contributed by atoms with E-state index in [1.807, 2.05) is 13.0 Å². The number of anilines is 3. The molecular weight excluding hydrogens is 357 g/mol. The van der Waals surface area contributed by atoms with E-state index in [9.17, 15) is 4.79 Å². The molecule has 0 aliphatic carbocycles. The van der Waals surface area contributed by atoms with Crippen molar-refractivity contribution in [2.45, 2.75) is 20.8 Å². The second-order valence-electron chi connectivity index (χ2n) is 5.70. The highest BCUT2D eigenvalue weighted by Crippen LogP contribution is 2.25. The van der Waals surface area contributed by atoms with Gasteiger partial charge in [-0.3, -0.25) is 4.79 Å². The second-order valence-corrected chi connectivity index (χ2v) is 6.52. The molecule has 0 radical (unpaired) electrons. The van der Waals surface area contributed by atoms with Crippen LogP contribution in [0.15, 0.2) is 36.4 Å². The molecular formula is C19H23Cl2N3O. The zero-order valence-electron chi connectivity index (χ0n) is 14.7. The summed E-state index contributed by atoms with van der Waals surface area (Å²) < 4.78 is 0. The van der Waals surface area contributed by atoms with E-state index in [-0.39, 0.29) is 12.5 Å². The third-order valence-electron chi connectivity index (χ3n) is 3.98. The molecule has 1 amide bonds. The van der Waals surface area contributed by atoms with Crippen LogP contribution in [0.1, 0.15) is 19.4 Å². The standard InChI is InChI=1S/C19H23Cl2N3O/c1-4-24(5-2)15-7-9-18(13(3)10-15)22-12-19(25)23-14-6-8-16(20)17(21)11-14/h6-11,22H,4-5,12H2,1-3H3,(H,23,25). The maximum absolute atomic E-state index is 12.1. The minimum absolute atomic E-state index is 0.148. The molecule has 0 atom stereocenters. The Kier molecular flexibility index (Phi) is 6.97. The summed E-state index contributed by atoms with van der Waals surface area (Å²) in [7, 11) is 0. The van der Waals surface area contributed by atoms with Crippen LogP contribution in [0.2, 0.25) is 10.0 Å². The number of nitrogens with zero attached hydrogens (tertiary/aromatic N) is 1. The molecule has 0 aliphatic rings. The Hall–Kier alpha value is -1.91. The zero-order chi connectivity index (χ0) is 18.4. The number of hydrogen-bond donors (Lipinski definition) is 2. The fourth-order valence-electron chi connectivity index (χ4n) is 2.59. The summed E-state index contributed by atoms with van der Waals surface area (Å²) in [5.41, 5.74) is 3.86. The average Bonchev–Trinajstić information content (AvgIpc) is 2.58. The molecule has 0 aliphatic heterocycles. The van der Waals surface area contributed by atoms with E-state index in [1.54, 1.807) is 18.2 Å². The van der Waals surface area contributed by atoms with Gasteiger partial charge in [-0.05, 0) is 62.7 Å². The van der Waals surface area contributed by atoms with Gasteiger partial charge in [0.1, 0.15) is 0 Å². The zero-order valence-corrected chi connectivity index (χ0v) is 16.2. The van der Waals surface area contributed by atoms with Crippen LogP contribution in [-0.4, -0.2) is 25.5 Å². The van der Waals surface area contributed by atoms with E-state index in [0.717, 1.165) is 24.3 Å². The van der Waals surface area contributed by atoms with E-state index in [1.165, 1.54) is 5.69 Å². The maximum Gasteiger partial charge on any atom is 0.243 e. The Balaban J connectivity index is 1.96. The van der Waals surface area contributed by atoms with Gasteiger partial charge in [-0.25, -0.2) is 0 Å². The van der Waals surface area contributed by atoms with Crippen molar-refractivity contribution in [1.82, 2.24) is 0 Å². The molecule has 2 rings (SSSR count). The van der Waals surface area contributed by atoms with Crippen LogP contribution in [0.4, 0.5) is 17.1 Å². The molecule has 0 unspecified atom stereocenters. The quantitative estimate of drug-likeness (QED) is 0.694. The fraction of sp³-hybridized carbons (Fsp3) is 0.316. The van der Waals surface area contributed by atoms with Crippen LogP contribution >= 0.6 is 23.2 Å². The van der Waals surface area contributed by atoms with Crippen LogP contribution in [0.3, 0.4) is 0 Å². The molecule has 4 nitrogen and oxygen atoms in total. The second kappa shape index (κ2) is 8.97. The highest BCUT2D eigenvalue weighted by atomic mass is 35.5. The first-order valence-corrected chi connectivity index (χ1v) is 9.04. The van der Waals surface area contributed by atoms with Gasteiger partial charge in [0.2, 0.25) is 5.91 Å². The van der Waals surface area contributed by atoms with Gasteiger partial charge >= 0.3 is 0 Å². The molecule has 0 heterocycles. The molecule has 2 aromatic rings. The van der Waals surface area contributed by atoms with Gasteiger partial charge in [0.05, 0.1) is 16.6 Å². The van der Waals surface area contributed by atoms with Gasteiger partial charge in [0, 0.05) is 30.2 Å². The summed E-state index contributed by atoms with van der Waals surface area (Å²) in [5.74, 6) is -0.148. The van der Waals surface area contributed by atoms with Crippen LogP contribution in [-0.2, 0) is 4.79 Å². The van der Waals surface area contributed by atoms with Crippen molar-refractivity contribution in [3.05, 3.63) is 52.0 Å². The molecule has 0 spiro atoms. The lowest BCUT2D eigenvalue weighted by atomic mass is 10.1. The summed E-state index contributed by atoms with van der Waals surface area (Å²) in [6.45, 7) is 8.41. The Labute approximate surface area is 159 Å². The molecule has 134 valence electrons. The van der Waals surface area contributed by atoms with Crippen molar-refractivity contribution in [2.75, 3.05) is 35.2 Å². The Morgan fingerprint density at radius 1 is 1.04 bits per heavy atom. The van der Waals surface area contributed by atoms with Gasteiger partial charge in [-0.15, -0.1) is 0 Å². The Morgan fingerprint density at radius 2 is 1.76 bits per heavy atom. The molecule has 2 aromatic carbocycles. The van der Waals surface area contributed by atoms with Crippen molar-refractivity contribution in [3.8, 4) is 0 Å². The molecule has 0 fully saturated rings. The lowest BCUT2D eigenvalue weighted by Crippen LogP contribution is -2.23. The highest BCUT2D eigenvalue weighted by Gasteiger charge is 2.08. The van der Waals surface area contributed by atoms with Crippen LogP contribution in [0.5, 0.6) is 0 Å². The monoisotopic (exact) mass is 379 g/mol. The highest BCUT2D eigenvalue weighted by molar-refractivity contribution is 6.42. The predicted octanol–water partition coefficient (Wildman–Crippen LogP) is 5.20.